The summed E-state index contributed by atoms with van der Waals surface area (Å²) in [6.07, 6.45) is 0. The van der Waals surface area contributed by atoms with Crippen LogP contribution in [0, 0.1) is 0 Å². The Bertz CT molecular complexity index is 678. The van der Waals surface area contributed by atoms with Crippen LogP contribution in [0.25, 0.3) is 0 Å². The van der Waals surface area contributed by atoms with Gasteiger partial charge in [0.15, 0.2) is 9.84 Å². The first-order chi connectivity index (χ1) is 9.17. The van der Waals surface area contributed by atoms with E-state index in [1.54, 1.807) is 23.9 Å². The summed E-state index contributed by atoms with van der Waals surface area (Å²) in [4.78, 5) is 0.514. The molecule has 3 rings (SSSR count). The predicted octanol–water partition coefficient (Wildman–Crippen LogP) is 3.45. The molecule has 4 heteroatoms. The molecule has 2 aromatic rings. The molecule has 0 radical (unpaired) electrons. The molecule has 1 heterocycles. The minimum atomic E-state index is -3.08. The van der Waals surface area contributed by atoms with Crippen LogP contribution in [0.2, 0.25) is 0 Å². The Hall–Kier alpha value is -1.26. The number of benzene rings is 2. The van der Waals surface area contributed by atoms with Crippen molar-refractivity contribution in [2.24, 2.45) is 0 Å². The van der Waals surface area contributed by atoms with E-state index in [1.807, 2.05) is 30.3 Å². The Morgan fingerprint density at radius 1 is 1.00 bits per heavy atom. The van der Waals surface area contributed by atoms with E-state index in [0.717, 1.165) is 11.3 Å². The van der Waals surface area contributed by atoms with Gasteiger partial charge in [-0.25, -0.2) is 8.42 Å². The molecule has 0 fully saturated rings. The number of rotatable bonds is 3. The Kier molecular flexibility index (Phi) is 3.37. The zero-order valence-corrected chi connectivity index (χ0v) is 12.0. The smallest absolute Gasteiger partial charge is 0.180 e. The summed E-state index contributed by atoms with van der Waals surface area (Å²) < 4.78 is 24.1. The van der Waals surface area contributed by atoms with Gasteiger partial charge in [0.05, 0.1) is 10.6 Å². The summed E-state index contributed by atoms with van der Waals surface area (Å²) in [5, 5.41) is 0.0569. The van der Waals surface area contributed by atoms with Crippen molar-refractivity contribution in [1.82, 2.24) is 0 Å². The van der Waals surface area contributed by atoms with Gasteiger partial charge in [-0.05, 0) is 17.2 Å². The van der Waals surface area contributed by atoms with E-state index in [2.05, 4.69) is 12.1 Å². The van der Waals surface area contributed by atoms with Crippen LogP contribution >= 0.6 is 11.8 Å². The van der Waals surface area contributed by atoms with Gasteiger partial charge >= 0.3 is 0 Å². The molecule has 1 aliphatic heterocycles. The first-order valence-electron chi connectivity index (χ1n) is 6.14. The molecule has 0 spiro atoms. The lowest BCUT2D eigenvalue weighted by atomic mass is 10.2. The van der Waals surface area contributed by atoms with Crippen molar-refractivity contribution >= 4 is 21.6 Å². The largest absolute Gasteiger partial charge is 0.224 e. The summed E-state index contributed by atoms with van der Waals surface area (Å²) in [6.45, 7) is 0. The highest BCUT2D eigenvalue weighted by Crippen LogP contribution is 2.42. The predicted molar refractivity (Wildman–Crippen MR) is 79.0 cm³/mol. The van der Waals surface area contributed by atoms with Gasteiger partial charge in [-0.15, -0.1) is 11.8 Å². The van der Waals surface area contributed by atoms with Gasteiger partial charge in [0, 0.05) is 11.0 Å². The molecule has 0 aliphatic carbocycles. The SMILES string of the molecule is O=S1(=O)CC(SCc2ccccc2)c2ccccc21. The topological polar surface area (TPSA) is 34.1 Å². The third-order valence-electron chi connectivity index (χ3n) is 3.27. The van der Waals surface area contributed by atoms with Gasteiger partial charge in [-0.2, -0.15) is 0 Å². The van der Waals surface area contributed by atoms with Gasteiger partial charge in [0.1, 0.15) is 0 Å². The first kappa shape index (κ1) is 12.8. The second kappa shape index (κ2) is 5.02. The monoisotopic (exact) mass is 290 g/mol. The van der Waals surface area contributed by atoms with Crippen molar-refractivity contribution in [1.29, 1.82) is 0 Å². The number of sulfone groups is 1. The summed E-state index contributed by atoms with van der Waals surface area (Å²) in [6, 6.07) is 17.5. The lowest BCUT2D eigenvalue weighted by molar-refractivity contribution is 0.600. The normalized spacial score (nSPS) is 20.1. The van der Waals surface area contributed by atoms with Crippen LogP contribution in [0.1, 0.15) is 16.4 Å². The Morgan fingerprint density at radius 2 is 1.68 bits per heavy atom. The molecule has 0 amide bonds. The highest BCUT2D eigenvalue weighted by molar-refractivity contribution is 8.00. The van der Waals surface area contributed by atoms with E-state index in [-0.39, 0.29) is 11.0 Å². The Balaban J connectivity index is 1.81. The maximum absolute atomic E-state index is 12.1. The van der Waals surface area contributed by atoms with E-state index in [0.29, 0.717) is 4.90 Å². The van der Waals surface area contributed by atoms with Crippen LogP contribution in [0.4, 0.5) is 0 Å². The number of fused-ring (bicyclic) bond motifs is 1. The van der Waals surface area contributed by atoms with Crippen LogP contribution in [-0.2, 0) is 15.6 Å². The van der Waals surface area contributed by atoms with E-state index in [4.69, 9.17) is 0 Å². The maximum atomic E-state index is 12.1. The van der Waals surface area contributed by atoms with Crippen molar-refractivity contribution in [3.63, 3.8) is 0 Å². The molecule has 0 saturated heterocycles. The minimum absolute atomic E-state index is 0.0569. The van der Waals surface area contributed by atoms with Gasteiger partial charge in [-0.3, -0.25) is 0 Å². The summed E-state index contributed by atoms with van der Waals surface area (Å²) in [5.41, 5.74) is 2.19. The number of thioether (sulfide) groups is 1. The van der Waals surface area contributed by atoms with Crippen molar-refractivity contribution in [2.75, 3.05) is 5.75 Å². The van der Waals surface area contributed by atoms with Crippen molar-refractivity contribution in [3.05, 3.63) is 65.7 Å². The van der Waals surface area contributed by atoms with Gasteiger partial charge in [-0.1, -0.05) is 48.5 Å². The van der Waals surface area contributed by atoms with Crippen LogP contribution < -0.4 is 0 Å². The zero-order valence-electron chi connectivity index (χ0n) is 10.3. The first-order valence-corrected chi connectivity index (χ1v) is 8.84. The van der Waals surface area contributed by atoms with E-state index >= 15 is 0 Å². The van der Waals surface area contributed by atoms with Crippen LogP contribution in [0.5, 0.6) is 0 Å². The van der Waals surface area contributed by atoms with E-state index in [9.17, 15) is 8.42 Å². The summed E-state index contributed by atoms with van der Waals surface area (Å²) in [5.74, 6) is 1.07. The molecule has 19 heavy (non-hydrogen) atoms. The van der Waals surface area contributed by atoms with Crippen LogP contribution in [0.3, 0.4) is 0 Å². The molecule has 2 aromatic carbocycles. The maximum Gasteiger partial charge on any atom is 0.180 e. The third-order valence-corrected chi connectivity index (χ3v) is 6.61. The van der Waals surface area contributed by atoms with Gasteiger partial charge in [0.2, 0.25) is 0 Å². The molecule has 0 N–H and O–H groups in total. The minimum Gasteiger partial charge on any atom is -0.224 e. The van der Waals surface area contributed by atoms with Gasteiger partial charge < -0.3 is 0 Å². The van der Waals surface area contributed by atoms with E-state index < -0.39 is 9.84 Å². The average molecular weight is 290 g/mol. The second-order valence-electron chi connectivity index (χ2n) is 4.60. The van der Waals surface area contributed by atoms with Crippen molar-refractivity contribution in [3.8, 4) is 0 Å². The number of hydrogen-bond acceptors (Lipinski definition) is 3. The fourth-order valence-electron chi connectivity index (χ4n) is 2.32. The highest BCUT2D eigenvalue weighted by atomic mass is 32.2. The highest BCUT2D eigenvalue weighted by Gasteiger charge is 2.34. The van der Waals surface area contributed by atoms with E-state index in [1.165, 1.54) is 5.56 Å². The molecule has 0 bridgehead atoms. The van der Waals surface area contributed by atoms with Crippen molar-refractivity contribution in [2.45, 2.75) is 15.9 Å². The lowest BCUT2D eigenvalue weighted by Crippen LogP contribution is -2.01. The molecule has 0 saturated carbocycles. The average Bonchev–Trinajstić information content (AvgIpc) is 2.70. The lowest BCUT2D eigenvalue weighted by Gasteiger charge is -2.09. The van der Waals surface area contributed by atoms with Gasteiger partial charge in [0.25, 0.3) is 0 Å². The second-order valence-corrected chi connectivity index (χ2v) is 7.80. The molecule has 1 atom stereocenters. The molecular formula is C15H14O2S2. The van der Waals surface area contributed by atoms with Crippen LogP contribution in [0.15, 0.2) is 59.5 Å². The molecular weight excluding hydrogens is 276 g/mol. The summed E-state index contributed by atoms with van der Waals surface area (Å²) >= 11 is 1.70. The Labute approximate surface area is 117 Å². The zero-order chi connectivity index (χ0) is 13.3. The molecule has 2 nitrogen and oxygen atoms in total. The molecule has 1 aliphatic rings. The third kappa shape index (κ3) is 2.55. The standard InChI is InChI=1S/C15H14O2S2/c16-19(17)11-14(13-8-4-5-9-15(13)19)18-10-12-6-2-1-3-7-12/h1-9,14H,10-11H2. The molecule has 0 aromatic heterocycles. The molecule has 1 unspecified atom stereocenters. The number of hydrogen-bond donors (Lipinski definition) is 0. The summed E-state index contributed by atoms with van der Waals surface area (Å²) in [7, 11) is -3.08. The molecule has 98 valence electrons. The van der Waals surface area contributed by atoms with Crippen molar-refractivity contribution < 1.29 is 8.42 Å². The fraction of sp³-hybridized carbons (Fsp3) is 0.200. The van der Waals surface area contributed by atoms with Crippen LogP contribution in [-0.4, -0.2) is 14.2 Å². The Morgan fingerprint density at radius 3 is 2.47 bits per heavy atom. The fourth-order valence-corrected chi connectivity index (χ4v) is 5.90. The quantitative estimate of drug-likeness (QED) is 0.868.